The van der Waals surface area contributed by atoms with E-state index in [4.69, 9.17) is 0 Å². The highest BCUT2D eigenvalue weighted by Crippen LogP contribution is 2.06. The van der Waals surface area contributed by atoms with E-state index in [1.165, 1.54) is 19.4 Å². The molecule has 0 aliphatic rings. The fourth-order valence-electron chi connectivity index (χ4n) is 1.48. The Labute approximate surface area is 83.0 Å². The van der Waals surface area contributed by atoms with Crippen LogP contribution in [-0.2, 0) is 0 Å². The molecule has 0 fully saturated rings. The summed E-state index contributed by atoms with van der Waals surface area (Å²) < 4.78 is 0. The molecule has 2 heteroatoms. The van der Waals surface area contributed by atoms with E-state index in [0.29, 0.717) is 5.92 Å². The van der Waals surface area contributed by atoms with Crippen LogP contribution in [0.1, 0.15) is 33.6 Å². The van der Waals surface area contributed by atoms with Gasteiger partial charge in [0.2, 0.25) is 0 Å². The summed E-state index contributed by atoms with van der Waals surface area (Å²) in [7, 11) is 1.86. The predicted molar refractivity (Wildman–Crippen MR) is 60.6 cm³/mol. The molecule has 0 radical (unpaired) electrons. The lowest BCUT2D eigenvalue weighted by atomic mass is 10.0. The van der Waals surface area contributed by atoms with E-state index in [2.05, 4.69) is 36.9 Å². The molecule has 0 bridgehead atoms. The average molecular weight is 184 g/mol. The summed E-state index contributed by atoms with van der Waals surface area (Å²) in [6, 6.07) is 0. The standard InChI is InChI=1S/C11H24N2/c1-5-11(10-12-4)8-9-13(6-2)7-3/h10-11H,5-9H2,1-4H3. The molecule has 0 aromatic heterocycles. The fraction of sp³-hybridized carbons (Fsp3) is 0.909. The van der Waals surface area contributed by atoms with Crippen molar-refractivity contribution in [3.05, 3.63) is 0 Å². The minimum atomic E-state index is 0.672. The van der Waals surface area contributed by atoms with Crippen molar-refractivity contribution in [1.29, 1.82) is 0 Å². The van der Waals surface area contributed by atoms with E-state index in [-0.39, 0.29) is 0 Å². The second-order valence-corrected chi connectivity index (χ2v) is 3.39. The van der Waals surface area contributed by atoms with Crippen LogP contribution in [0.15, 0.2) is 4.99 Å². The van der Waals surface area contributed by atoms with Gasteiger partial charge < -0.3 is 9.89 Å². The van der Waals surface area contributed by atoms with Crippen LogP contribution in [0.3, 0.4) is 0 Å². The van der Waals surface area contributed by atoms with Crippen LogP contribution in [0, 0.1) is 5.92 Å². The third kappa shape index (κ3) is 5.81. The van der Waals surface area contributed by atoms with E-state index in [1.807, 2.05) is 7.05 Å². The van der Waals surface area contributed by atoms with Crippen molar-refractivity contribution in [1.82, 2.24) is 4.90 Å². The SMILES string of the molecule is CCC(C=NC)CCN(CC)CC. The van der Waals surface area contributed by atoms with Gasteiger partial charge in [0.1, 0.15) is 0 Å². The van der Waals surface area contributed by atoms with Crippen molar-refractivity contribution in [2.45, 2.75) is 33.6 Å². The van der Waals surface area contributed by atoms with Gasteiger partial charge in [0.15, 0.2) is 0 Å². The fourth-order valence-corrected chi connectivity index (χ4v) is 1.48. The molecular weight excluding hydrogens is 160 g/mol. The number of nitrogens with zero attached hydrogens (tertiary/aromatic N) is 2. The van der Waals surface area contributed by atoms with E-state index >= 15 is 0 Å². The molecule has 1 unspecified atom stereocenters. The van der Waals surface area contributed by atoms with Gasteiger partial charge in [0, 0.05) is 13.3 Å². The molecule has 0 amide bonds. The molecule has 0 aliphatic heterocycles. The molecule has 0 saturated carbocycles. The molecule has 0 saturated heterocycles. The van der Waals surface area contributed by atoms with E-state index in [1.54, 1.807) is 0 Å². The molecule has 0 N–H and O–H groups in total. The minimum Gasteiger partial charge on any atom is -0.304 e. The maximum Gasteiger partial charge on any atom is 0.0273 e. The van der Waals surface area contributed by atoms with Gasteiger partial charge in [-0.15, -0.1) is 0 Å². The third-order valence-electron chi connectivity index (χ3n) is 2.59. The zero-order valence-corrected chi connectivity index (χ0v) is 9.58. The lowest BCUT2D eigenvalue weighted by Crippen LogP contribution is -2.25. The van der Waals surface area contributed by atoms with Gasteiger partial charge in [-0.1, -0.05) is 20.8 Å². The van der Waals surface area contributed by atoms with Gasteiger partial charge in [-0.2, -0.15) is 0 Å². The molecule has 0 rings (SSSR count). The number of hydrogen-bond acceptors (Lipinski definition) is 2. The Balaban J connectivity index is 3.69. The minimum absolute atomic E-state index is 0.672. The van der Waals surface area contributed by atoms with Crippen molar-refractivity contribution < 1.29 is 0 Å². The average Bonchev–Trinajstić information content (AvgIpc) is 2.17. The summed E-state index contributed by atoms with van der Waals surface area (Å²) >= 11 is 0. The Kier molecular flexibility index (Phi) is 8.00. The van der Waals surface area contributed by atoms with Gasteiger partial charge >= 0.3 is 0 Å². The molecular formula is C11H24N2. The zero-order chi connectivity index (χ0) is 10.1. The quantitative estimate of drug-likeness (QED) is 0.555. The van der Waals surface area contributed by atoms with Crippen LogP contribution >= 0.6 is 0 Å². The van der Waals surface area contributed by atoms with Crippen LogP contribution in [0.2, 0.25) is 0 Å². The predicted octanol–water partition coefficient (Wildman–Crippen LogP) is 2.45. The number of aliphatic imine (C=N–C) groups is 1. The van der Waals surface area contributed by atoms with Crippen molar-refractivity contribution in [3.8, 4) is 0 Å². The Morgan fingerprint density at radius 2 is 1.85 bits per heavy atom. The van der Waals surface area contributed by atoms with Crippen LogP contribution in [0.5, 0.6) is 0 Å². The molecule has 78 valence electrons. The summed E-state index contributed by atoms with van der Waals surface area (Å²) in [6.07, 6.45) is 4.54. The van der Waals surface area contributed by atoms with Crippen LogP contribution in [0.4, 0.5) is 0 Å². The molecule has 0 aliphatic carbocycles. The van der Waals surface area contributed by atoms with Crippen molar-refractivity contribution in [3.63, 3.8) is 0 Å². The highest BCUT2D eigenvalue weighted by atomic mass is 15.1. The van der Waals surface area contributed by atoms with Gasteiger partial charge in [-0.25, -0.2) is 0 Å². The molecule has 1 atom stereocenters. The Morgan fingerprint density at radius 3 is 2.23 bits per heavy atom. The summed E-state index contributed by atoms with van der Waals surface area (Å²) in [4.78, 5) is 6.56. The number of hydrogen-bond donors (Lipinski definition) is 0. The lowest BCUT2D eigenvalue weighted by molar-refractivity contribution is 0.288. The molecule has 0 aromatic carbocycles. The second kappa shape index (κ2) is 8.24. The van der Waals surface area contributed by atoms with Gasteiger partial charge in [-0.05, 0) is 38.4 Å². The summed E-state index contributed by atoms with van der Waals surface area (Å²) in [5.74, 6) is 0.672. The summed E-state index contributed by atoms with van der Waals surface area (Å²) in [5.41, 5.74) is 0. The van der Waals surface area contributed by atoms with Crippen molar-refractivity contribution >= 4 is 6.21 Å². The van der Waals surface area contributed by atoms with Crippen LogP contribution in [0.25, 0.3) is 0 Å². The smallest absolute Gasteiger partial charge is 0.0273 e. The Morgan fingerprint density at radius 1 is 1.23 bits per heavy atom. The maximum absolute atomic E-state index is 4.09. The number of rotatable bonds is 7. The van der Waals surface area contributed by atoms with E-state index in [9.17, 15) is 0 Å². The zero-order valence-electron chi connectivity index (χ0n) is 9.58. The third-order valence-corrected chi connectivity index (χ3v) is 2.59. The van der Waals surface area contributed by atoms with E-state index < -0.39 is 0 Å². The van der Waals surface area contributed by atoms with Crippen LogP contribution in [-0.4, -0.2) is 37.8 Å². The monoisotopic (exact) mass is 184 g/mol. The molecule has 2 nitrogen and oxygen atoms in total. The maximum atomic E-state index is 4.09. The van der Waals surface area contributed by atoms with Gasteiger partial charge in [-0.3, -0.25) is 0 Å². The topological polar surface area (TPSA) is 15.6 Å². The molecule has 0 aromatic rings. The van der Waals surface area contributed by atoms with Crippen molar-refractivity contribution in [2.75, 3.05) is 26.7 Å². The molecule has 13 heavy (non-hydrogen) atoms. The Bertz CT molecular complexity index is 128. The first-order chi connectivity index (χ1) is 6.28. The first kappa shape index (κ1) is 12.6. The molecule has 0 spiro atoms. The Hall–Kier alpha value is -0.370. The highest BCUT2D eigenvalue weighted by Gasteiger charge is 2.05. The summed E-state index contributed by atoms with van der Waals surface area (Å²) in [6.45, 7) is 10.2. The largest absolute Gasteiger partial charge is 0.304 e. The highest BCUT2D eigenvalue weighted by molar-refractivity contribution is 5.60. The van der Waals surface area contributed by atoms with Gasteiger partial charge in [0.05, 0.1) is 0 Å². The van der Waals surface area contributed by atoms with Crippen molar-refractivity contribution in [2.24, 2.45) is 10.9 Å². The second-order valence-electron chi connectivity index (χ2n) is 3.39. The molecule has 0 heterocycles. The summed E-state index contributed by atoms with van der Waals surface area (Å²) in [5, 5.41) is 0. The first-order valence-electron chi connectivity index (χ1n) is 5.43. The normalized spacial score (nSPS) is 14.2. The van der Waals surface area contributed by atoms with Gasteiger partial charge in [0.25, 0.3) is 0 Å². The first-order valence-corrected chi connectivity index (χ1v) is 5.43. The van der Waals surface area contributed by atoms with E-state index in [0.717, 1.165) is 13.1 Å². The lowest BCUT2D eigenvalue weighted by Gasteiger charge is -2.19. The van der Waals surface area contributed by atoms with Crippen LogP contribution < -0.4 is 0 Å².